The first-order valence-electron chi connectivity index (χ1n) is 10.6. The van der Waals surface area contributed by atoms with Crippen molar-refractivity contribution in [1.82, 2.24) is 4.98 Å². The molecule has 0 aliphatic heterocycles. The molecule has 1 saturated carbocycles. The van der Waals surface area contributed by atoms with E-state index in [2.05, 4.69) is 9.82 Å². The Morgan fingerprint density at radius 3 is 2.46 bits per heavy atom. The minimum Gasteiger partial charge on any atom is -0.426 e. The fraction of sp³-hybridized carbons (Fsp3) is 0.160. The molecule has 5 rings (SSSR count). The predicted octanol–water partition coefficient (Wildman–Crippen LogP) is 5.23. The van der Waals surface area contributed by atoms with Gasteiger partial charge in [-0.05, 0) is 60.9 Å². The predicted molar refractivity (Wildman–Crippen MR) is 125 cm³/mol. The van der Waals surface area contributed by atoms with Gasteiger partial charge in [0.15, 0.2) is 5.78 Å². The number of aromatic nitrogens is 1. The molecule has 0 spiro atoms. The van der Waals surface area contributed by atoms with E-state index in [4.69, 9.17) is 4.74 Å². The Morgan fingerprint density at radius 2 is 1.80 bits per heavy atom. The lowest BCUT2D eigenvalue weighted by molar-refractivity contribution is -0.759. The topological polar surface area (TPSA) is 109 Å². The minimum absolute atomic E-state index is 0.211. The van der Waals surface area contributed by atoms with Gasteiger partial charge in [-0.2, -0.15) is 0 Å². The molecule has 8 nitrogen and oxygen atoms in total. The second kappa shape index (κ2) is 8.88. The number of hydrogen-bond acceptors (Lipinski definition) is 8. The molecule has 2 aromatic carbocycles. The summed E-state index contributed by atoms with van der Waals surface area (Å²) in [5.74, 6) is -0.940. The molecule has 4 aromatic rings. The number of thiophene rings is 1. The molecule has 0 radical (unpaired) electrons. The lowest BCUT2D eigenvalue weighted by Crippen LogP contribution is -2.27. The van der Waals surface area contributed by atoms with Gasteiger partial charge in [0, 0.05) is 38.5 Å². The van der Waals surface area contributed by atoms with Crippen molar-refractivity contribution in [3.05, 3.63) is 94.0 Å². The van der Waals surface area contributed by atoms with E-state index in [1.165, 1.54) is 35.9 Å². The van der Waals surface area contributed by atoms with Crippen LogP contribution in [0.1, 0.15) is 28.8 Å². The van der Waals surface area contributed by atoms with Crippen molar-refractivity contribution >= 4 is 33.2 Å². The number of carbonyl (C=O) groups excluding carboxylic acids is 2. The monoisotopic (exact) mass is 492 g/mol. The number of rotatable bonds is 8. The second-order valence-corrected chi connectivity index (χ2v) is 9.26. The Morgan fingerprint density at radius 1 is 1.09 bits per heavy atom. The Hall–Kier alpha value is -4.18. The smallest absolute Gasteiger partial charge is 0.319 e. The molecule has 0 bridgehead atoms. The van der Waals surface area contributed by atoms with Crippen molar-refractivity contribution in [3.8, 4) is 16.2 Å². The van der Waals surface area contributed by atoms with E-state index in [-0.39, 0.29) is 24.0 Å². The average Bonchev–Trinajstić information content (AvgIpc) is 3.57. The number of esters is 1. The number of carbonyl (C=O) groups is 2. The Labute approximate surface area is 202 Å². The van der Waals surface area contributed by atoms with E-state index in [1.807, 2.05) is 0 Å². The maximum atomic E-state index is 13.5. The van der Waals surface area contributed by atoms with Gasteiger partial charge >= 0.3 is 5.97 Å². The molecule has 2 heterocycles. The summed E-state index contributed by atoms with van der Waals surface area (Å²) in [4.78, 5) is 45.6. The van der Waals surface area contributed by atoms with Crippen molar-refractivity contribution in [3.63, 3.8) is 0 Å². The van der Waals surface area contributed by atoms with Crippen LogP contribution in [0, 0.1) is 21.3 Å². The van der Waals surface area contributed by atoms with Gasteiger partial charge in [0.1, 0.15) is 18.2 Å². The zero-order chi connectivity index (χ0) is 24.6. The van der Waals surface area contributed by atoms with Crippen molar-refractivity contribution in [2.75, 3.05) is 6.61 Å². The summed E-state index contributed by atoms with van der Waals surface area (Å²) in [5.41, 5.74) is 0.579. The summed E-state index contributed by atoms with van der Waals surface area (Å²) in [6.07, 6.45) is 3.96. The van der Waals surface area contributed by atoms with Crippen LogP contribution in [0.2, 0.25) is 0 Å². The van der Waals surface area contributed by atoms with E-state index in [1.54, 1.807) is 42.5 Å². The van der Waals surface area contributed by atoms with Gasteiger partial charge in [-0.3, -0.25) is 14.6 Å². The van der Waals surface area contributed by atoms with Gasteiger partial charge in [-0.1, -0.05) is 12.1 Å². The van der Waals surface area contributed by atoms with Crippen LogP contribution in [0.15, 0.2) is 67.0 Å². The molecule has 0 amide bonds. The van der Waals surface area contributed by atoms with Gasteiger partial charge in [-0.25, -0.2) is 4.39 Å². The molecule has 1 fully saturated rings. The Balaban J connectivity index is 1.52. The van der Waals surface area contributed by atoms with E-state index >= 15 is 0 Å². The van der Waals surface area contributed by atoms with Crippen LogP contribution >= 0.6 is 11.3 Å². The number of fused-ring (bicyclic) bond motifs is 1. The summed E-state index contributed by atoms with van der Waals surface area (Å²) in [5, 5.41) is 10.2. The number of halogens is 1. The molecule has 0 unspecified atom stereocenters. The van der Waals surface area contributed by atoms with Gasteiger partial charge in [0.05, 0.1) is 5.41 Å². The Bertz CT molecular complexity index is 1450. The third kappa shape index (κ3) is 4.47. The van der Waals surface area contributed by atoms with E-state index in [0.717, 1.165) is 0 Å². The van der Waals surface area contributed by atoms with Crippen LogP contribution in [-0.4, -0.2) is 28.4 Å². The standard InChI is InChI=1S/C25H17FN2O6S/c26-17-3-1-16(2-4-17)23-21(22(29)15-7-11-27-12-8-15)19-6-5-18(13-20(19)35-23)34-24(30)25(9-10-25)14-33-28(31)32/h1-8,11-13H,9-10,14H2. The summed E-state index contributed by atoms with van der Waals surface area (Å²) in [6.45, 7) is -0.348. The summed E-state index contributed by atoms with van der Waals surface area (Å²) in [6, 6.07) is 14.0. The fourth-order valence-electron chi connectivity index (χ4n) is 3.77. The van der Waals surface area contributed by atoms with Gasteiger partial charge in [0.25, 0.3) is 5.09 Å². The van der Waals surface area contributed by atoms with Crippen LogP contribution < -0.4 is 4.74 Å². The van der Waals surface area contributed by atoms with Crippen molar-refractivity contribution in [1.29, 1.82) is 0 Å². The minimum atomic E-state index is -1.01. The Kier molecular flexibility index (Phi) is 5.73. The van der Waals surface area contributed by atoms with Gasteiger partial charge < -0.3 is 9.57 Å². The maximum Gasteiger partial charge on any atom is 0.319 e. The number of nitrogens with zero attached hydrogens (tertiary/aromatic N) is 2. The van der Waals surface area contributed by atoms with Crippen LogP contribution in [0.5, 0.6) is 5.75 Å². The molecule has 1 aliphatic carbocycles. The summed E-state index contributed by atoms with van der Waals surface area (Å²) < 4.78 is 19.8. The third-order valence-corrected chi connectivity index (χ3v) is 7.08. The molecule has 1 aliphatic rings. The fourth-order valence-corrected chi connectivity index (χ4v) is 5.00. The first kappa shape index (κ1) is 22.6. The summed E-state index contributed by atoms with van der Waals surface area (Å²) >= 11 is 1.32. The average molecular weight is 492 g/mol. The lowest BCUT2D eigenvalue weighted by Gasteiger charge is -2.12. The first-order chi connectivity index (χ1) is 16.9. The molecular formula is C25H17FN2O6S. The zero-order valence-electron chi connectivity index (χ0n) is 18.1. The normalized spacial score (nSPS) is 13.9. The zero-order valence-corrected chi connectivity index (χ0v) is 18.9. The van der Waals surface area contributed by atoms with Gasteiger partial charge in [-0.15, -0.1) is 21.5 Å². The molecule has 0 saturated heterocycles. The number of pyridine rings is 1. The maximum absolute atomic E-state index is 13.5. The molecule has 10 heteroatoms. The molecule has 35 heavy (non-hydrogen) atoms. The first-order valence-corrected chi connectivity index (χ1v) is 11.4. The van der Waals surface area contributed by atoms with E-state index in [0.29, 0.717) is 44.5 Å². The van der Waals surface area contributed by atoms with Crippen molar-refractivity contribution in [2.45, 2.75) is 12.8 Å². The van der Waals surface area contributed by atoms with Gasteiger partial charge in [0.2, 0.25) is 0 Å². The van der Waals surface area contributed by atoms with E-state index in [9.17, 15) is 24.1 Å². The highest BCUT2D eigenvalue weighted by Crippen LogP contribution is 2.47. The quantitative estimate of drug-likeness (QED) is 0.109. The number of ether oxygens (including phenoxy) is 1. The van der Waals surface area contributed by atoms with Crippen molar-refractivity contribution in [2.24, 2.45) is 5.41 Å². The molecule has 0 atom stereocenters. The van der Waals surface area contributed by atoms with Crippen LogP contribution in [0.4, 0.5) is 4.39 Å². The lowest BCUT2D eigenvalue weighted by atomic mass is 9.98. The van der Waals surface area contributed by atoms with Crippen LogP contribution in [0.3, 0.4) is 0 Å². The molecule has 0 N–H and O–H groups in total. The summed E-state index contributed by atoms with van der Waals surface area (Å²) in [7, 11) is 0. The van der Waals surface area contributed by atoms with Crippen LogP contribution in [0.25, 0.3) is 20.5 Å². The third-order valence-electron chi connectivity index (χ3n) is 5.88. The highest BCUT2D eigenvalue weighted by Gasteiger charge is 2.52. The number of ketones is 1. The molecule has 176 valence electrons. The number of benzene rings is 2. The number of hydrogen-bond donors (Lipinski definition) is 0. The highest BCUT2D eigenvalue weighted by atomic mass is 32.1. The largest absolute Gasteiger partial charge is 0.426 e. The highest BCUT2D eigenvalue weighted by molar-refractivity contribution is 7.22. The van der Waals surface area contributed by atoms with E-state index < -0.39 is 16.5 Å². The van der Waals surface area contributed by atoms with Crippen molar-refractivity contribution < 1.29 is 28.6 Å². The second-order valence-electron chi connectivity index (χ2n) is 8.20. The molecule has 2 aromatic heterocycles. The SMILES string of the molecule is O=C(c1ccncc1)c1c(-c2ccc(F)cc2)sc2cc(OC(=O)C3(CO[N+](=O)[O-])CC3)ccc12. The van der Waals surface area contributed by atoms with Crippen LogP contribution in [-0.2, 0) is 9.63 Å². The molecular weight excluding hydrogens is 475 g/mol.